The predicted octanol–water partition coefficient (Wildman–Crippen LogP) is 2.31. The van der Waals surface area contributed by atoms with Gasteiger partial charge in [0.1, 0.15) is 0 Å². The van der Waals surface area contributed by atoms with Crippen LogP contribution in [0.3, 0.4) is 0 Å². The van der Waals surface area contributed by atoms with Gasteiger partial charge in [0.05, 0.1) is 10.6 Å². The summed E-state index contributed by atoms with van der Waals surface area (Å²) in [7, 11) is -3.75. The molecule has 6 nitrogen and oxygen atoms in total. The summed E-state index contributed by atoms with van der Waals surface area (Å²) >= 11 is 0. The third-order valence-electron chi connectivity index (χ3n) is 5.43. The number of carbonyl (C=O) groups excluding carboxylic acids is 1. The van der Waals surface area contributed by atoms with Crippen LogP contribution in [0.15, 0.2) is 53.4 Å². The Hall–Kier alpha value is -2.38. The van der Waals surface area contributed by atoms with Gasteiger partial charge < -0.3 is 10.6 Å². The zero-order valence-electron chi connectivity index (χ0n) is 15.9. The van der Waals surface area contributed by atoms with Crippen LogP contribution in [0.1, 0.15) is 35.7 Å². The largest absolute Gasteiger partial charge is 0.348 e. The van der Waals surface area contributed by atoms with Crippen LogP contribution in [0.2, 0.25) is 0 Å². The molecule has 148 valence electrons. The van der Waals surface area contributed by atoms with Gasteiger partial charge in [-0.1, -0.05) is 24.3 Å². The van der Waals surface area contributed by atoms with Crippen molar-refractivity contribution in [2.24, 2.45) is 0 Å². The lowest BCUT2D eigenvalue weighted by molar-refractivity contribution is 0.0930. The third-order valence-corrected chi connectivity index (χ3v) is 7.35. The van der Waals surface area contributed by atoms with E-state index in [-0.39, 0.29) is 22.9 Å². The maximum atomic E-state index is 13.4. The van der Waals surface area contributed by atoms with Gasteiger partial charge in [0, 0.05) is 24.2 Å². The van der Waals surface area contributed by atoms with Crippen LogP contribution in [0.4, 0.5) is 5.69 Å². The summed E-state index contributed by atoms with van der Waals surface area (Å²) in [5.41, 5.74) is 2.11. The Labute approximate surface area is 166 Å². The molecule has 2 aliphatic rings. The van der Waals surface area contributed by atoms with Crippen molar-refractivity contribution in [2.75, 3.05) is 17.4 Å². The number of sulfonamides is 1. The molecule has 1 unspecified atom stereocenters. The van der Waals surface area contributed by atoms with Crippen LogP contribution in [0.5, 0.6) is 0 Å². The quantitative estimate of drug-likeness (QED) is 0.827. The molecule has 0 spiro atoms. The maximum absolute atomic E-state index is 13.4. The molecule has 0 aliphatic carbocycles. The number of amides is 1. The van der Waals surface area contributed by atoms with Crippen molar-refractivity contribution in [1.29, 1.82) is 0 Å². The van der Waals surface area contributed by atoms with E-state index in [0.717, 1.165) is 37.2 Å². The average molecular weight is 400 g/mol. The van der Waals surface area contributed by atoms with Gasteiger partial charge >= 0.3 is 0 Å². The summed E-state index contributed by atoms with van der Waals surface area (Å²) in [6, 6.07) is 13.8. The highest BCUT2D eigenvalue weighted by molar-refractivity contribution is 7.92. The van der Waals surface area contributed by atoms with Gasteiger partial charge in [0.15, 0.2) is 0 Å². The number of benzene rings is 2. The number of carbonyl (C=O) groups is 1. The predicted molar refractivity (Wildman–Crippen MR) is 109 cm³/mol. The van der Waals surface area contributed by atoms with E-state index in [2.05, 4.69) is 10.6 Å². The lowest BCUT2D eigenvalue weighted by atomic mass is 10.1. The Bertz CT molecular complexity index is 984. The Balaban J connectivity index is 1.61. The molecular weight excluding hydrogens is 374 g/mol. The number of anilines is 1. The third kappa shape index (κ3) is 3.52. The first-order chi connectivity index (χ1) is 13.5. The summed E-state index contributed by atoms with van der Waals surface area (Å²) in [6.07, 6.45) is 2.63. The first kappa shape index (κ1) is 19.0. The monoisotopic (exact) mass is 399 g/mol. The van der Waals surface area contributed by atoms with Crippen molar-refractivity contribution < 1.29 is 13.2 Å². The van der Waals surface area contributed by atoms with Crippen LogP contribution in [0, 0.1) is 0 Å². The van der Waals surface area contributed by atoms with Crippen LogP contribution >= 0.6 is 0 Å². The fourth-order valence-corrected chi connectivity index (χ4v) is 5.80. The van der Waals surface area contributed by atoms with Gasteiger partial charge in [-0.25, -0.2) is 8.42 Å². The topological polar surface area (TPSA) is 78.5 Å². The van der Waals surface area contributed by atoms with E-state index >= 15 is 0 Å². The minimum atomic E-state index is -3.75. The van der Waals surface area contributed by atoms with E-state index in [1.165, 1.54) is 10.4 Å². The van der Waals surface area contributed by atoms with Crippen LogP contribution < -0.4 is 14.9 Å². The van der Waals surface area contributed by atoms with Gasteiger partial charge in [0.2, 0.25) is 0 Å². The Morgan fingerprint density at radius 3 is 2.79 bits per heavy atom. The number of hydrogen-bond acceptors (Lipinski definition) is 4. The Kier molecular flexibility index (Phi) is 5.12. The van der Waals surface area contributed by atoms with Gasteiger partial charge in [-0.3, -0.25) is 9.10 Å². The van der Waals surface area contributed by atoms with Crippen LogP contribution in [-0.2, 0) is 16.4 Å². The second kappa shape index (κ2) is 7.56. The highest BCUT2D eigenvalue weighted by atomic mass is 32.2. The molecule has 28 heavy (non-hydrogen) atoms. The minimum Gasteiger partial charge on any atom is -0.348 e. The van der Waals surface area contributed by atoms with E-state index in [1.54, 1.807) is 18.2 Å². The first-order valence-corrected chi connectivity index (χ1v) is 11.1. The smallest absolute Gasteiger partial charge is 0.264 e. The SMILES string of the molecule is CC1Cc2ccccc2N1S(=O)(=O)c1cccc(C(=O)N[C@H]2CCCNC2)c1. The molecule has 1 saturated heterocycles. The van der Waals surface area contributed by atoms with Crippen LogP contribution in [0.25, 0.3) is 0 Å². The molecule has 4 rings (SSSR count). The molecule has 1 amide bonds. The van der Waals surface area contributed by atoms with Crippen molar-refractivity contribution in [1.82, 2.24) is 10.6 Å². The second-order valence-electron chi connectivity index (χ2n) is 7.53. The van der Waals surface area contributed by atoms with E-state index in [0.29, 0.717) is 12.0 Å². The van der Waals surface area contributed by atoms with Gasteiger partial charge in [0.25, 0.3) is 15.9 Å². The summed E-state index contributed by atoms with van der Waals surface area (Å²) < 4.78 is 28.2. The van der Waals surface area contributed by atoms with E-state index < -0.39 is 10.0 Å². The van der Waals surface area contributed by atoms with E-state index in [1.807, 2.05) is 31.2 Å². The fraction of sp³-hybridized carbons (Fsp3) is 0.381. The molecule has 2 heterocycles. The highest BCUT2D eigenvalue weighted by Gasteiger charge is 2.36. The first-order valence-electron chi connectivity index (χ1n) is 9.71. The molecule has 2 N–H and O–H groups in total. The maximum Gasteiger partial charge on any atom is 0.264 e. The normalized spacial score (nSPS) is 22.0. The second-order valence-corrected chi connectivity index (χ2v) is 9.34. The van der Waals surface area contributed by atoms with Gasteiger partial charge in [-0.2, -0.15) is 0 Å². The molecule has 2 atom stereocenters. The minimum absolute atomic E-state index is 0.0759. The fourth-order valence-electron chi connectivity index (χ4n) is 4.06. The van der Waals surface area contributed by atoms with E-state index in [4.69, 9.17) is 0 Å². The molecule has 0 bridgehead atoms. The van der Waals surface area contributed by atoms with Gasteiger partial charge in [-0.15, -0.1) is 0 Å². The van der Waals surface area contributed by atoms with Crippen molar-refractivity contribution in [2.45, 2.75) is 43.2 Å². The average Bonchev–Trinajstić information content (AvgIpc) is 3.05. The molecule has 2 aromatic carbocycles. The van der Waals surface area contributed by atoms with Gasteiger partial charge in [-0.05, 0) is 62.6 Å². The number of para-hydroxylation sites is 1. The molecular formula is C21H25N3O3S. The zero-order chi connectivity index (χ0) is 19.7. The molecule has 0 aromatic heterocycles. The standard InChI is InChI=1S/C21H25N3O3S/c1-15-12-16-6-2-3-10-20(16)24(15)28(26,27)19-9-4-7-17(13-19)21(25)23-18-8-5-11-22-14-18/h2-4,6-7,9-10,13,15,18,22H,5,8,11-12,14H2,1H3,(H,23,25)/t15?,18-/m0/s1. The highest BCUT2D eigenvalue weighted by Crippen LogP contribution is 2.36. The van der Waals surface area contributed by atoms with Crippen molar-refractivity contribution in [3.8, 4) is 0 Å². The summed E-state index contributed by atoms with van der Waals surface area (Å²) in [5, 5.41) is 6.26. The molecule has 7 heteroatoms. The number of nitrogens with zero attached hydrogens (tertiary/aromatic N) is 1. The molecule has 0 saturated carbocycles. The number of hydrogen-bond donors (Lipinski definition) is 2. The molecule has 0 radical (unpaired) electrons. The molecule has 2 aromatic rings. The lowest BCUT2D eigenvalue weighted by Gasteiger charge is -2.25. The summed E-state index contributed by atoms with van der Waals surface area (Å²) in [4.78, 5) is 12.8. The number of piperidine rings is 1. The van der Waals surface area contributed by atoms with Crippen LogP contribution in [-0.4, -0.2) is 39.5 Å². The Morgan fingerprint density at radius 1 is 1.18 bits per heavy atom. The number of rotatable bonds is 4. The van der Waals surface area contributed by atoms with Crippen molar-refractivity contribution in [3.63, 3.8) is 0 Å². The molecule has 2 aliphatic heterocycles. The van der Waals surface area contributed by atoms with Crippen molar-refractivity contribution >= 4 is 21.6 Å². The zero-order valence-corrected chi connectivity index (χ0v) is 16.7. The summed E-state index contributed by atoms with van der Waals surface area (Å²) in [6.45, 7) is 3.62. The van der Waals surface area contributed by atoms with Crippen molar-refractivity contribution in [3.05, 3.63) is 59.7 Å². The molecule has 1 fully saturated rings. The number of nitrogens with one attached hydrogen (secondary N) is 2. The Morgan fingerprint density at radius 2 is 2.00 bits per heavy atom. The summed E-state index contributed by atoms with van der Waals surface area (Å²) in [5.74, 6) is -0.236. The number of fused-ring (bicyclic) bond motifs is 1. The lowest BCUT2D eigenvalue weighted by Crippen LogP contribution is -2.45. The van der Waals surface area contributed by atoms with E-state index in [9.17, 15) is 13.2 Å².